The molecular weight excluding hydrogens is 334 g/mol. The first-order valence-electron chi connectivity index (χ1n) is 8.84. The highest BCUT2D eigenvalue weighted by atomic mass is 16.5. The normalized spacial score (nSPS) is 25.4. The lowest BCUT2D eigenvalue weighted by Crippen LogP contribution is -2.44. The Bertz CT molecular complexity index is 782. The molecular formula is C20H23NO5. The molecule has 1 amide bonds. The van der Waals surface area contributed by atoms with Crippen LogP contribution in [0.15, 0.2) is 35.5 Å². The number of esters is 1. The van der Waals surface area contributed by atoms with Gasteiger partial charge in [0.25, 0.3) is 0 Å². The summed E-state index contributed by atoms with van der Waals surface area (Å²) in [4.78, 5) is 37.5. The van der Waals surface area contributed by atoms with Gasteiger partial charge in [-0.15, -0.1) is 0 Å². The van der Waals surface area contributed by atoms with Gasteiger partial charge < -0.3 is 14.8 Å². The second-order valence-electron chi connectivity index (χ2n) is 6.75. The van der Waals surface area contributed by atoms with Gasteiger partial charge in [0.2, 0.25) is 5.91 Å². The van der Waals surface area contributed by atoms with Crippen molar-refractivity contribution >= 4 is 17.7 Å². The van der Waals surface area contributed by atoms with Gasteiger partial charge in [-0.1, -0.05) is 19.1 Å². The number of nitrogens with one attached hydrogen (secondary N) is 1. The highest BCUT2D eigenvalue weighted by Gasteiger charge is 2.45. The van der Waals surface area contributed by atoms with Crippen LogP contribution >= 0.6 is 0 Å². The molecule has 1 aromatic rings. The molecule has 0 spiro atoms. The summed E-state index contributed by atoms with van der Waals surface area (Å²) in [7, 11) is 1.29. The molecule has 138 valence electrons. The molecule has 1 aliphatic heterocycles. The third-order valence-electron chi connectivity index (χ3n) is 5.02. The molecule has 0 bridgehead atoms. The third-order valence-corrected chi connectivity index (χ3v) is 5.02. The Hall–Kier alpha value is -2.63. The SMILES string of the molecule is CCOc1cccc([C@H]2CC(=O)NC3=C2C(=O)[C@@H](C(=O)OC)[C@H](C)C3)c1. The van der Waals surface area contributed by atoms with Crippen LogP contribution in [0, 0.1) is 11.8 Å². The standard InChI is InChI=1S/C20H23NO5/c1-4-26-13-7-5-6-12(9-13)14-10-16(22)21-15-8-11(2)17(20(24)25-3)19(23)18(14)15/h5-7,9,11,14,17H,4,8,10H2,1-3H3,(H,21,22)/t11-,14-,17+/m1/s1. The van der Waals surface area contributed by atoms with Crippen LogP contribution in [0.1, 0.15) is 38.2 Å². The van der Waals surface area contributed by atoms with Crippen LogP contribution < -0.4 is 10.1 Å². The Morgan fingerprint density at radius 1 is 1.27 bits per heavy atom. The molecule has 0 aromatic heterocycles. The first-order valence-corrected chi connectivity index (χ1v) is 8.84. The van der Waals surface area contributed by atoms with Gasteiger partial charge in [-0.2, -0.15) is 0 Å². The Morgan fingerprint density at radius 3 is 2.73 bits per heavy atom. The van der Waals surface area contributed by atoms with Crippen molar-refractivity contribution in [3.05, 3.63) is 41.1 Å². The maximum absolute atomic E-state index is 13.1. The van der Waals surface area contributed by atoms with Crippen LogP contribution in [0.5, 0.6) is 5.75 Å². The van der Waals surface area contributed by atoms with Crippen molar-refractivity contribution in [1.82, 2.24) is 5.32 Å². The van der Waals surface area contributed by atoms with Crippen LogP contribution in [0.3, 0.4) is 0 Å². The second-order valence-corrected chi connectivity index (χ2v) is 6.75. The van der Waals surface area contributed by atoms with Crippen molar-refractivity contribution in [3.63, 3.8) is 0 Å². The number of Topliss-reactive ketones (excluding diaryl/α,β-unsaturated/α-hetero) is 1. The Morgan fingerprint density at radius 2 is 2.04 bits per heavy atom. The number of hydrogen-bond donors (Lipinski definition) is 1. The van der Waals surface area contributed by atoms with Crippen LogP contribution in [-0.2, 0) is 19.1 Å². The van der Waals surface area contributed by atoms with E-state index in [-0.39, 0.29) is 29.9 Å². The fourth-order valence-corrected chi connectivity index (χ4v) is 3.87. The summed E-state index contributed by atoms with van der Waals surface area (Å²) < 4.78 is 10.4. The highest BCUT2D eigenvalue weighted by molar-refractivity contribution is 6.11. The van der Waals surface area contributed by atoms with Crippen LogP contribution in [0.4, 0.5) is 0 Å². The summed E-state index contributed by atoms with van der Waals surface area (Å²) in [5, 5.41) is 2.83. The van der Waals surface area contributed by atoms with E-state index < -0.39 is 11.9 Å². The van der Waals surface area contributed by atoms with Gasteiger partial charge in [-0.25, -0.2) is 0 Å². The highest BCUT2D eigenvalue weighted by Crippen LogP contribution is 2.42. The van der Waals surface area contributed by atoms with Crippen molar-refractivity contribution in [3.8, 4) is 5.75 Å². The summed E-state index contributed by atoms with van der Waals surface area (Å²) in [6.07, 6.45) is 0.636. The van der Waals surface area contributed by atoms with Gasteiger partial charge >= 0.3 is 5.97 Å². The second kappa shape index (κ2) is 7.32. The van der Waals surface area contributed by atoms with E-state index in [4.69, 9.17) is 9.47 Å². The maximum Gasteiger partial charge on any atom is 0.316 e. The number of carbonyl (C=O) groups is 3. The fourth-order valence-electron chi connectivity index (χ4n) is 3.87. The van der Waals surface area contributed by atoms with E-state index in [0.717, 1.165) is 5.56 Å². The van der Waals surface area contributed by atoms with Crippen molar-refractivity contribution < 1.29 is 23.9 Å². The fraction of sp³-hybridized carbons (Fsp3) is 0.450. The molecule has 3 rings (SSSR count). The Balaban J connectivity index is 2.04. The average Bonchev–Trinajstić information content (AvgIpc) is 2.61. The molecule has 0 unspecified atom stereocenters. The number of ether oxygens (including phenoxy) is 2. The Kier molecular flexibility index (Phi) is 5.11. The molecule has 0 saturated heterocycles. The number of carbonyl (C=O) groups excluding carboxylic acids is 3. The maximum atomic E-state index is 13.1. The lowest BCUT2D eigenvalue weighted by molar-refractivity contribution is -0.151. The molecule has 1 heterocycles. The molecule has 0 saturated carbocycles. The Labute approximate surface area is 152 Å². The molecule has 26 heavy (non-hydrogen) atoms. The lowest BCUT2D eigenvalue weighted by atomic mass is 9.70. The first-order chi connectivity index (χ1) is 12.5. The van der Waals surface area contributed by atoms with Crippen molar-refractivity contribution in [2.24, 2.45) is 11.8 Å². The van der Waals surface area contributed by atoms with Gasteiger partial charge in [0.05, 0.1) is 13.7 Å². The molecule has 0 fully saturated rings. The average molecular weight is 357 g/mol. The van der Waals surface area contributed by atoms with Gasteiger partial charge in [-0.05, 0) is 37.0 Å². The van der Waals surface area contributed by atoms with E-state index in [2.05, 4.69) is 5.32 Å². The van der Waals surface area contributed by atoms with E-state index in [0.29, 0.717) is 30.0 Å². The van der Waals surface area contributed by atoms with Crippen molar-refractivity contribution in [2.75, 3.05) is 13.7 Å². The minimum absolute atomic E-state index is 0.118. The third kappa shape index (κ3) is 3.23. The zero-order chi connectivity index (χ0) is 18.8. The summed E-state index contributed by atoms with van der Waals surface area (Å²) in [6, 6.07) is 7.43. The van der Waals surface area contributed by atoms with Gasteiger partial charge in [0.15, 0.2) is 5.78 Å². The summed E-state index contributed by atoms with van der Waals surface area (Å²) >= 11 is 0. The molecule has 1 aromatic carbocycles. The van der Waals surface area contributed by atoms with E-state index in [9.17, 15) is 14.4 Å². The van der Waals surface area contributed by atoms with Crippen molar-refractivity contribution in [1.29, 1.82) is 0 Å². The molecule has 2 aliphatic rings. The van der Waals surface area contributed by atoms with Crippen LogP contribution in [0.2, 0.25) is 0 Å². The molecule has 6 heteroatoms. The van der Waals surface area contributed by atoms with Gasteiger partial charge in [0.1, 0.15) is 11.7 Å². The topological polar surface area (TPSA) is 81.7 Å². The number of amides is 1. The zero-order valence-electron chi connectivity index (χ0n) is 15.2. The molecule has 1 N–H and O–H groups in total. The summed E-state index contributed by atoms with van der Waals surface area (Å²) in [6.45, 7) is 4.26. The summed E-state index contributed by atoms with van der Waals surface area (Å²) in [5.41, 5.74) is 1.99. The number of methoxy groups -OCH3 is 1. The molecule has 6 nitrogen and oxygen atoms in total. The minimum Gasteiger partial charge on any atom is -0.494 e. The zero-order valence-corrected chi connectivity index (χ0v) is 15.2. The largest absolute Gasteiger partial charge is 0.494 e. The smallest absolute Gasteiger partial charge is 0.316 e. The number of ketones is 1. The predicted octanol–water partition coefficient (Wildman–Crippen LogP) is 2.34. The van der Waals surface area contributed by atoms with E-state index >= 15 is 0 Å². The van der Waals surface area contributed by atoms with Gasteiger partial charge in [0, 0.05) is 23.6 Å². The first kappa shape index (κ1) is 18.2. The van der Waals surface area contributed by atoms with Crippen LogP contribution in [-0.4, -0.2) is 31.4 Å². The molecule has 1 aliphatic carbocycles. The molecule has 3 atom stereocenters. The van der Waals surface area contributed by atoms with Crippen molar-refractivity contribution in [2.45, 2.75) is 32.6 Å². The van der Waals surface area contributed by atoms with E-state index in [1.165, 1.54) is 7.11 Å². The van der Waals surface area contributed by atoms with Gasteiger partial charge in [-0.3, -0.25) is 14.4 Å². The number of rotatable bonds is 4. The summed E-state index contributed by atoms with van der Waals surface area (Å²) in [5.74, 6) is -1.63. The number of benzene rings is 1. The quantitative estimate of drug-likeness (QED) is 0.661. The minimum atomic E-state index is -0.827. The predicted molar refractivity (Wildman–Crippen MR) is 94.4 cm³/mol. The van der Waals surface area contributed by atoms with Crippen LogP contribution in [0.25, 0.3) is 0 Å². The number of hydrogen-bond acceptors (Lipinski definition) is 5. The number of allylic oxidation sites excluding steroid dienone is 2. The van der Waals surface area contributed by atoms with E-state index in [1.54, 1.807) is 0 Å². The lowest BCUT2D eigenvalue weighted by Gasteiger charge is -2.36. The van der Waals surface area contributed by atoms with E-state index in [1.807, 2.05) is 38.1 Å². The molecule has 0 radical (unpaired) electrons. The monoisotopic (exact) mass is 357 g/mol.